The summed E-state index contributed by atoms with van der Waals surface area (Å²) >= 11 is 0. The molecular formula is C21H28N2O3. The fraction of sp³-hybridized carbons (Fsp3) is 0.571. The van der Waals surface area contributed by atoms with E-state index in [1.165, 1.54) is 6.42 Å². The van der Waals surface area contributed by atoms with E-state index >= 15 is 0 Å². The van der Waals surface area contributed by atoms with Gasteiger partial charge in [0.05, 0.1) is 25.9 Å². The summed E-state index contributed by atoms with van der Waals surface area (Å²) in [5, 5.41) is 0. The molecule has 0 unspecified atom stereocenters. The van der Waals surface area contributed by atoms with Crippen molar-refractivity contribution in [1.82, 2.24) is 9.88 Å². The molecule has 2 atom stereocenters. The number of piperidine rings is 1. The highest BCUT2D eigenvalue weighted by Crippen LogP contribution is 2.41. The van der Waals surface area contributed by atoms with E-state index in [1.54, 1.807) is 6.20 Å². The van der Waals surface area contributed by atoms with E-state index < -0.39 is 0 Å². The summed E-state index contributed by atoms with van der Waals surface area (Å²) in [6.45, 7) is 7.15. The zero-order chi connectivity index (χ0) is 17.8. The summed E-state index contributed by atoms with van der Waals surface area (Å²) in [5.74, 6) is 2.02. The second kappa shape index (κ2) is 7.91. The minimum Gasteiger partial charge on any atom is -0.465 e. The molecule has 2 aliphatic heterocycles. The van der Waals surface area contributed by atoms with Gasteiger partial charge in [0.2, 0.25) is 0 Å². The number of furan rings is 1. The number of rotatable bonds is 6. The molecule has 0 bridgehead atoms. The number of likely N-dealkylation sites (tertiary alicyclic amines) is 1. The van der Waals surface area contributed by atoms with Crippen molar-refractivity contribution >= 4 is 0 Å². The Balaban J connectivity index is 1.40. The summed E-state index contributed by atoms with van der Waals surface area (Å²) in [6, 6.07) is 8.14. The van der Waals surface area contributed by atoms with Crippen LogP contribution in [0.15, 0.2) is 41.1 Å². The third kappa shape index (κ3) is 4.00. The van der Waals surface area contributed by atoms with Crippen LogP contribution in [0.25, 0.3) is 0 Å². The molecule has 0 saturated carbocycles. The standard InChI is InChI=1S/C21H28N2O3/c1-17-5-6-19(26-17)13-23-10-7-20-21(15-23,8-3-11-25-20)16-24-14-18-4-2-9-22-12-18/h2,4-6,9,12,20H,3,7-8,10-11,13-16H2,1H3/t20-,21-/m1/s1. The monoisotopic (exact) mass is 356 g/mol. The van der Waals surface area contributed by atoms with E-state index in [9.17, 15) is 0 Å². The number of nitrogens with zero attached hydrogens (tertiary/aromatic N) is 2. The van der Waals surface area contributed by atoms with Gasteiger partial charge in [-0.1, -0.05) is 6.07 Å². The minimum absolute atomic E-state index is 0.0837. The molecule has 2 aliphatic rings. The van der Waals surface area contributed by atoms with Crippen LogP contribution in [0.4, 0.5) is 0 Å². The Labute approximate surface area is 155 Å². The highest BCUT2D eigenvalue weighted by molar-refractivity contribution is 5.08. The lowest BCUT2D eigenvalue weighted by atomic mass is 9.73. The van der Waals surface area contributed by atoms with Gasteiger partial charge in [-0.2, -0.15) is 0 Å². The second-order valence-electron chi connectivity index (χ2n) is 7.69. The first-order valence-electron chi connectivity index (χ1n) is 9.59. The molecule has 4 heterocycles. The summed E-state index contributed by atoms with van der Waals surface area (Å²) < 4.78 is 18.1. The van der Waals surface area contributed by atoms with Crippen LogP contribution in [-0.2, 0) is 22.6 Å². The normalized spacial score (nSPS) is 26.6. The number of pyridine rings is 1. The Hall–Kier alpha value is -1.69. The third-order valence-corrected chi connectivity index (χ3v) is 5.62. The van der Waals surface area contributed by atoms with Crippen molar-refractivity contribution in [2.24, 2.45) is 5.41 Å². The molecule has 0 aliphatic carbocycles. The van der Waals surface area contributed by atoms with E-state index in [0.717, 1.165) is 62.8 Å². The van der Waals surface area contributed by atoms with Crippen LogP contribution >= 0.6 is 0 Å². The first-order valence-corrected chi connectivity index (χ1v) is 9.59. The molecule has 26 heavy (non-hydrogen) atoms. The van der Waals surface area contributed by atoms with Gasteiger partial charge < -0.3 is 13.9 Å². The topological polar surface area (TPSA) is 47.7 Å². The van der Waals surface area contributed by atoms with Gasteiger partial charge in [0, 0.05) is 37.5 Å². The van der Waals surface area contributed by atoms with Crippen molar-refractivity contribution in [3.05, 3.63) is 53.7 Å². The van der Waals surface area contributed by atoms with Crippen LogP contribution in [0.2, 0.25) is 0 Å². The smallest absolute Gasteiger partial charge is 0.118 e. The van der Waals surface area contributed by atoms with Crippen molar-refractivity contribution in [3.63, 3.8) is 0 Å². The number of aryl methyl sites for hydroxylation is 1. The van der Waals surface area contributed by atoms with E-state index in [2.05, 4.69) is 22.0 Å². The summed E-state index contributed by atoms with van der Waals surface area (Å²) in [7, 11) is 0. The Morgan fingerprint density at radius 1 is 1.35 bits per heavy atom. The lowest BCUT2D eigenvalue weighted by molar-refractivity contribution is -0.156. The van der Waals surface area contributed by atoms with Crippen LogP contribution in [0, 0.1) is 12.3 Å². The highest BCUT2D eigenvalue weighted by atomic mass is 16.5. The molecule has 5 nitrogen and oxygen atoms in total. The van der Waals surface area contributed by atoms with Gasteiger partial charge >= 0.3 is 0 Å². The summed E-state index contributed by atoms with van der Waals surface area (Å²) in [4.78, 5) is 6.66. The van der Waals surface area contributed by atoms with E-state index in [4.69, 9.17) is 13.9 Å². The number of hydrogen-bond donors (Lipinski definition) is 0. The molecule has 140 valence electrons. The van der Waals surface area contributed by atoms with Gasteiger partial charge in [0.15, 0.2) is 0 Å². The molecule has 0 aromatic carbocycles. The Morgan fingerprint density at radius 3 is 3.12 bits per heavy atom. The lowest BCUT2D eigenvalue weighted by Gasteiger charge is -2.50. The Kier molecular flexibility index (Phi) is 5.38. The number of fused-ring (bicyclic) bond motifs is 1. The largest absolute Gasteiger partial charge is 0.465 e. The maximum absolute atomic E-state index is 6.15. The molecular weight excluding hydrogens is 328 g/mol. The maximum Gasteiger partial charge on any atom is 0.118 e. The van der Waals surface area contributed by atoms with E-state index in [1.807, 2.05) is 25.3 Å². The molecule has 0 spiro atoms. The van der Waals surface area contributed by atoms with Gasteiger partial charge in [-0.15, -0.1) is 0 Å². The maximum atomic E-state index is 6.15. The molecule has 2 aromatic heterocycles. The van der Waals surface area contributed by atoms with Crippen LogP contribution < -0.4 is 0 Å². The van der Waals surface area contributed by atoms with Crippen molar-refractivity contribution in [2.45, 2.75) is 45.4 Å². The number of hydrogen-bond acceptors (Lipinski definition) is 5. The minimum atomic E-state index is 0.0837. The number of aromatic nitrogens is 1. The van der Waals surface area contributed by atoms with E-state index in [0.29, 0.717) is 12.7 Å². The van der Waals surface area contributed by atoms with Crippen LogP contribution in [-0.4, -0.2) is 42.3 Å². The fourth-order valence-corrected chi connectivity index (χ4v) is 4.37. The second-order valence-corrected chi connectivity index (χ2v) is 7.69. The Morgan fingerprint density at radius 2 is 2.31 bits per heavy atom. The third-order valence-electron chi connectivity index (χ3n) is 5.62. The summed E-state index contributed by atoms with van der Waals surface area (Å²) in [5.41, 5.74) is 1.20. The first-order chi connectivity index (χ1) is 12.7. The molecule has 2 aromatic rings. The SMILES string of the molecule is Cc1ccc(CN2CC[C@H]3OCCC[C@]3(COCc3cccnc3)C2)o1. The molecule has 2 saturated heterocycles. The quantitative estimate of drug-likeness (QED) is 0.792. The summed E-state index contributed by atoms with van der Waals surface area (Å²) in [6.07, 6.45) is 7.32. The van der Waals surface area contributed by atoms with Crippen LogP contribution in [0.1, 0.15) is 36.3 Å². The fourth-order valence-electron chi connectivity index (χ4n) is 4.37. The van der Waals surface area contributed by atoms with E-state index in [-0.39, 0.29) is 5.41 Å². The molecule has 0 amide bonds. The van der Waals surface area contributed by atoms with Crippen molar-refractivity contribution in [2.75, 3.05) is 26.3 Å². The lowest BCUT2D eigenvalue weighted by Crippen LogP contribution is -2.56. The predicted molar refractivity (Wildman–Crippen MR) is 98.6 cm³/mol. The highest BCUT2D eigenvalue weighted by Gasteiger charge is 2.46. The molecule has 5 heteroatoms. The first kappa shape index (κ1) is 17.7. The van der Waals surface area contributed by atoms with Gasteiger partial charge in [0.1, 0.15) is 11.5 Å². The van der Waals surface area contributed by atoms with Gasteiger partial charge in [-0.25, -0.2) is 0 Å². The molecule has 2 fully saturated rings. The molecule has 4 rings (SSSR count). The molecule has 0 N–H and O–H groups in total. The van der Waals surface area contributed by atoms with Gasteiger partial charge in [-0.3, -0.25) is 9.88 Å². The van der Waals surface area contributed by atoms with Crippen LogP contribution in [0.5, 0.6) is 0 Å². The number of ether oxygens (including phenoxy) is 2. The average molecular weight is 356 g/mol. The van der Waals surface area contributed by atoms with Crippen molar-refractivity contribution < 1.29 is 13.9 Å². The zero-order valence-corrected chi connectivity index (χ0v) is 15.5. The van der Waals surface area contributed by atoms with Gasteiger partial charge in [-0.05, 0) is 49.9 Å². The zero-order valence-electron chi connectivity index (χ0n) is 15.5. The van der Waals surface area contributed by atoms with Crippen molar-refractivity contribution in [3.8, 4) is 0 Å². The predicted octanol–water partition coefficient (Wildman–Crippen LogP) is 3.57. The Bertz CT molecular complexity index is 702. The molecule has 0 radical (unpaired) electrons. The van der Waals surface area contributed by atoms with Gasteiger partial charge in [0.25, 0.3) is 0 Å². The van der Waals surface area contributed by atoms with Crippen LogP contribution in [0.3, 0.4) is 0 Å². The van der Waals surface area contributed by atoms with Crippen molar-refractivity contribution in [1.29, 1.82) is 0 Å². The average Bonchev–Trinajstić information content (AvgIpc) is 3.07.